The molecular formula is C19H15Cl2NO3S. The molecule has 3 rings (SSSR count). The van der Waals surface area contributed by atoms with Crippen molar-refractivity contribution < 1.29 is 14.7 Å². The topological polar surface area (TPSA) is 57.6 Å². The molecule has 0 aromatic heterocycles. The molecule has 26 heavy (non-hydrogen) atoms. The van der Waals surface area contributed by atoms with Crippen LogP contribution in [0.25, 0.3) is 5.57 Å². The van der Waals surface area contributed by atoms with E-state index in [1.807, 2.05) is 0 Å². The largest absolute Gasteiger partial charge is 0.396 e. The molecule has 4 nitrogen and oxygen atoms in total. The molecule has 0 fully saturated rings. The van der Waals surface area contributed by atoms with Gasteiger partial charge in [-0.25, -0.2) is 0 Å². The van der Waals surface area contributed by atoms with Crippen molar-refractivity contribution in [2.24, 2.45) is 0 Å². The number of hydrogen-bond acceptors (Lipinski definition) is 4. The molecule has 2 aromatic carbocycles. The number of carbonyl (C=O) groups is 2. The van der Waals surface area contributed by atoms with E-state index in [4.69, 9.17) is 28.3 Å². The second kappa shape index (κ2) is 8.27. The highest BCUT2D eigenvalue weighted by atomic mass is 35.5. The molecule has 1 heterocycles. The van der Waals surface area contributed by atoms with Crippen molar-refractivity contribution in [3.8, 4) is 0 Å². The Hall–Kier alpha value is -1.79. The number of nitrogens with zero attached hydrogens (tertiary/aromatic N) is 1. The fraction of sp³-hybridized carbons (Fsp3) is 0.158. The zero-order valence-electron chi connectivity index (χ0n) is 13.6. The third-order valence-electron chi connectivity index (χ3n) is 3.88. The van der Waals surface area contributed by atoms with Gasteiger partial charge in [-0.2, -0.15) is 0 Å². The van der Waals surface area contributed by atoms with Gasteiger partial charge < -0.3 is 5.11 Å². The standard InChI is InChI=1S/C19H15Cl2NO3S/c20-14-7-5-12(6-8-14)16-17(26-10-9-23)19(25)22(18(16)24)11-13-3-1-2-4-15(13)21/h1-8,23H,9-11H2. The van der Waals surface area contributed by atoms with Crippen molar-refractivity contribution in [3.05, 3.63) is 74.6 Å². The van der Waals surface area contributed by atoms with Crippen LogP contribution in [0, 0.1) is 0 Å². The summed E-state index contributed by atoms with van der Waals surface area (Å²) in [6.45, 7) is 0.00562. The maximum Gasteiger partial charge on any atom is 0.268 e. The van der Waals surface area contributed by atoms with Crippen molar-refractivity contribution >= 4 is 52.4 Å². The minimum absolute atomic E-state index is 0.0892. The lowest BCUT2D eigenvalue weighted by molar-refractivity contribution is -0.137. The number of aliphatic hydroxyl groups excluding tert-OH is 1. The van der Waals surface area contributed by atoms with E-state index in [0.29, 0.717) is 37.4 Å². The van der Waals surface area contributed by atoms with E-state index in [0.717, 1.165) is 0 Å². The van der Waals surface area contributed by atoms with Crippen LogP contribution >= 0.6 is 35.0 Å². The first kappa shape index (κ1) is 19.0. The molecule has 2 amide bonds. The van der Waals surface area contributed by atoms with Crippen LogP contribution in [0.2, 0.25) is 10.0 Å². The van der Waals surface area contributed by atoms with Gasteiger partial charge in [0.2, 0.25) is 0 Å². The monoisotopic (exact) mass is 407 g/mol. The SMILES string of the molecule is O=C1C(SCCO)=C(c2ccc(Cl)cc2)C(=O)N1Cc1ccccc1Cl. The molecule has 0 bridgehead atoms. The molecule has 0 saturated carbocycles. The average Bonchev–Trinajstić information content (AvgIpc) is 2.86. The Morgan fingerprint density at radius 1 is 0.962 bits per heavy atom. The lowest BCUT2D eigenvalue weighted by Crippen LogP contribution is -2.31. The molecule has 0 atom stereocenters. The summed E-state index contributed by atoms with van der Waals surface area (Å²) in [6.07, 6.45) is 0. The first-order chi connectivity index (χ1) is 12.5. The van der Waals surface area contributed by atoms with Crippen LogP contribution in [-0.2, 0) is 16.1 Å². The molecule has 1 aliphatic rings. The predicted octanol–water partition coefficient (Wildman–Crippen LogP) is 4.00. The van der Waals surface area contributed by atoms with E-state index in [1.165, 1.54) is 16.7 Å². The van der Waals surface area contributed by atoms with Crippen LogP contribution < -0.4 is 0 Å². The Balaban J connectivity index is 1.97. The Morgan fingerprint density at radius 2 is 1.65 bits per heavy atom. The van der Waals surface area contributed by atoms with E-state index in [9.17, 15) is 9.59 Å². The van der Waals surface area contributed by atoms with Crippen LogP contribution in [-0.4, -0.2) is 34.2 Å². The Labute approximate surface area is 165 Å². The number of rotatable bonds is 6. The number of benzene rings is 2. The maximum absolute atomic E-state index is 13.0. The van der Waals surface area contributed by atoms with Gasteiger partial charge in [-0.3, -0.25) is 14.5 Å². The molecule has 7 heteroatoms. The minimum Gasteiger partial charge on any atom is -0.396 e. The van der Waals surface area contributed by atoms with Crippen LogP contribution in [0.4, 0.5) is 0 Å². The second-order valence-electron chi connectivity index (χ2n) is 5.57. The summed E-state index contributed by atoms with van der Waals surface area (Å²) in [4.78, 5) is 27.4. The number of hydrogen-bond donors (Lipinski definition) is 1. The molecule has 134 valence electrons. The summed E-state index contributed by atoms with van der Waals surface area (Å²) in [5.41, 5.74) is 1.65. The number of imide groups is 1. The number of amides is 2. The van der Waals surface area contributed by atoms with Gasteiger partial charge in [0, 0.05) is 15.8 Å². The van der Waals surface area contributed by atoms with Gasteiger partial charge in [-0.05, 0) is 29.3 Å². The van der Waals surface area contributed by atoms with E-state index < -0.39 is 0 Å². The van der Waals surface area contributed by atoms with Gasteiger partial charge in [0.15, 0.2) is 0 Å². The number of thioether (sulfide) groups is 1. The van der Waals surface area contributed by atoms with E-state index in [-0.39, 0.29) is 25.0 Å². The van der Waals surface area contributed by atoms with Crippen LogP contribution in [0.5, 0.6) is 0 Å². The number of halogens is 2. The van der Waals surface area contributed by atoms with Gasteiger partial charge in [-0.1, -0.05) is 53.5 Å². The molecule has 0 aliphatic carbocycles. The average molecular weight is 408 g/mol. The van der Waals surface area contributed by atoms with Crippen molar-refractivity contribution in [2.45, 2.75) is 6.54 Å². The minimum atomic E-state index is -0.377. The Morgan fingerprint density at radius 3 is 2.31 bits per heavy atom. The van der Waals surface area contributed by atoms with E-state index in [2.05, 4.69) is 0 Å². The van der Waals surface area contributed by atoms with E-state index >= 15 is 0 Å². The smallest absolute Gasteiger partial charge is 0.268 e. The normalized spacial score (nSPS) is 14.5. The summed E-state index contributed by atoms with van der Waals surface area (Å²) in [7, 11) is 0. The number of carbonyl (C=O) groups excluding carboxylic acids is 2. The van der Waals surface area contributed by atoms with Gasteiger partial charge >= 0.3 is 0 Å². The maximum atomic E-state index is 13.0. The van der Waals surface area contributed by atoms with Crippen LogP contribution in [0.3, 0.4) is 0 Å². The lowest BCUT2D eigenvalue weighted by Gasteiger charge is -2.16. The molecule has 2 aromatic rings. The van der Waals surface area contributed by atoms with Crippen molar-refractivity contribution in [1.82, 2.24) is 4.90 Å². The summed E-state index contributed by atoms with van der Waals surface area (Å²) < 4.78 is 0. The molecule has 0 saturated heterocycles. The van der Waals surface area contributed by atoms with Crippen LogP contribution in [0.1, 0.15) is 11.1 Å². The highest BCUT2D eigenvalue weighted by Gasteiger charge is 2.39. The second-order valence-corrected chi connectivity index (χ2v) is 7.52. The first-order valence-corrected chi connectivity index (χ1v) is 9.60. The van der Waals surface area contributed by atoms with Crippen molar-refractivity contribution in [3.63, 3.8) is 0 Å². The Bertz CT molecular complexity index is 881. The fourth-order valence-corrected chi connectivity index (χ4v) is 3.85. The highest BCUT2D eigenvalue weighted by Crippen LogP contribution is 2.37. The van der Waals surface area contributed by atoms with Gasteiger partial charge in [0.05, 0.1) is 23.6 Å². The van der Waals surface area contributed by atoms with Gasteiger partial charge in [0.25, 0.3) is 11.8 Å². The lowest BCUT2D eigenvalue weighted by atomic mass is 10.1. The summed E-state index contributed by atoms with van der Waals surface area (Å²) >= 11 is 13.3. The van der Waals surface area contributed by atoms with Crippen molar-refractivity contribution in [2.75, 3.05) is 12.4 Å². The van der Waals surface area contributed by atoms with Gasteiger partial charge in [0.1, 0.15) is 0 Å². The number of aliphatic hydroxyl groups is 1. The Kier molecular flexibility index (Phi) is 6.04. The quantitative estimate of drug-likeness (QED) is 0.735. The zero-order chi connectivity index (χ0) is 18.7. The molecule has 0 unspecified atom stereocenters. The third-order valence-corrected chi connectivity index (χ3v) is 5.56. The summed E-state index contributed by atoms with van der Waals surface area (Å²) in [6, 6.07) is 13.9. The molecule has 1 N–H and O–H groups in total. The van der Waals surface area contributed by atoms with Gasteiger partial charge in [-0.15, -0.1) is 11.8 Å². The molecule has 0 spiro atoms. The van der Waals surface area contributed by atoms with Crippen LogP contribution in [0.15, 0.2) is 53.4 Å². The zero-order valence-corrected chi connectivity index (χ0v) is 15.9. The molecule has 0 radical (unpaired) electrons. The fourth-order valence-electron chi connectivity index (χ4n) is 2.65. The summed E-state index contributed by atoms with van der Waals surface area (Å²) in [5.74, 6) is -0.429. The van der Waals surface area contributed by atoms with E-state index in [1.54, 1.807) is 48.5 Å². The van der Waals surface area contributed by atoms with Crippen molar-refractivity contribution in [1.29, 1.82) is 0 Å². The molecule has 1 aliphatic heterocycles. The predicted molar refractivity (Wildman–Crippen MR) is 105 cm³/mol. The molecular weight excluding hydrogens is 393 g/mol. The summed E-state index contributed by atoms with van der Waals surface area (Å²) in [5, 5.41) is 10.2. The first-order valence-electron chi connectivity index (χ1n) is 7.86. The highest BCUT2D eigenvalue weighted by molar-refractivity contribution is 8.04. The third kappa shape index (κ3) is 3.81.